The van der Waals surface area contributed by atoms with Crippen LogP contribution >= 0.6 is 0 Å². The zero-order valence-electron chi connectivity index (χ0n) is 16.3. The molecule has 0 aliphatic heterocycles. The van der Waals surface area contributed by atoms with Crippen molar-refractivity contribution >= 4 is 17.7 Å². The van der Waals surface area contributed by atoms with Crippen molar-refractivity contribution in [3.8, 4) is 11.3 Å². The number of nitrogens with zero attached hydrogens (tertiary/aromatic N) is 1. The Hall–Kier alpha value is -4.05. The molecular weight excluding hydrogens is 410 g/mol. The summed E-state index contributed by atoms with van der Waals surface area (Å²) in [5, 5.41) is 0.550. The number of benzene rings is 2. The number of amides is 3. The van der Waals surface area contributed by atoms with Crippen LogP contribution in [0.15, 0.2) is 59.0 Å². The van der Waals surface area contributed by atoms with Gasteiger partial charge in [0, 0.05) is 17.2 Å². The topological polar surface area (TPSA) is 118 Å². The molecule has 1 heterocycles. The van der Waals surface area contributed by atoms with E-state index in [-0.39, 0.29) is 22.6 Å². The fourth-order valence-corrected chi connectivity index (χ4v) is 2.58. The summed E-state index contributed by atoms with van der Waals surface area (Å²) in [6, 6.07) is 11.9. The molecule has 31 heavy (non-hydrogen) atoms. The zero-order valence-corrected chi connectivity index (χ0v) is 16.3. The van der Waals surface area contributed by atoms with Crippen LogP contribution < -0.4 is 16.6 Å². The first kappa shape index (κ1) is 21.7. The summed E-state index contributed by atoms with van der Waals surface area (Å²) < 4.78 is 32.1. The fourth-order valence-electron chi connectivity index (χ4n) is 2.58. The number of nitrogens with two attached hydrogens (primary N) is 1. The van der Waals surface area contributed by atoms with Crippen LogP contribution in [0, 0.1) is 18.6 Å². The first-order valence-corrected chi connectivity index (χ1v) is 9.05. The van der Waals surface area contributed by atoms with E-state index in [0.717, 1.165) is 17.7 Å². The van der Waals surface area contributed by atoms with E-state index in [9.17, 15) is 23.2 Å². The number of rotatable bonds is 4. The van der Waals surface area contributed by atoms with Crippen molar-refractivity contribution in [3.05, 3.63) is 83.1 Å². The minimum absolute atomic E-state index is 0.0314. The SMILES string of the molecule is Cc1ccc(C(=O)NN(NC(=O)c2ccc(-c3cc(F)cc(F)c3)o2)C(=O)CN)cc1. The lowest BCUT2D eigenvalue weighted by Crippen LogP contribution is -2.57. The van der Waals surface area contributed by atoms with E-state index in [4.69, 9.17) is 10.2 Å². The molecule has 0 radical (unpaired) electrons. The molecule has 160 valence electrons. The second-order valence-corrected chi connectivity index (χ2v) is 6.50. The highest BCUT2D eigenvalue weighted by atomic mass is 19.1. The van der Waals surface area contributed by atoms with Crippen molar-refractivity contribution in [3.63, 3.8) is 0 Å². The van der Waals surface area contributed by atoms with E-state index in [1.54, 1.807) is 24.3 Å². The molecule has 3 aromatic rings. The van der Waals surface area contributed by atoms with Gasteiger partial charge in [-0.05, 0) is 43.3 Å². The largest absolute Gasteiger partial charge is 0.451 e. The van der Waals surface area contributed by atoms with Gasteiger partial charge in [0.25, 0.3) is 11.8 Å². The van der Waals surface area contributed by atoms with Crippen LogP contribution in [0.2, 0.25) is 0 Å². The van der Waals surface area contributed by atoms with Crippen molar-refractivity contribution in [1.82, 2.24) is 16.0 Å². The quantitative estimate of drug-likeness (QED) is 0.552. The predicted octanol–water partition coefficient (Wildman–Crippen LogP) is 2.31. The average Bonchev–Trinajstić information content (AvgIpc) is 3.23. The van der Waals surface area contributed by atoms with Gasteiger partial charge in [0.15, 0.2) is 5.76 Å². The molecule has 8 nitrogen and oxygen atoms in total. The van der Waals surface area contributed by atoms with E-state index in [2.05, 4.69) is 10.9 Å². The van der Waals surface area contributed by atoms with Crippen molar-refractivity contribution < 1.29 is 27.6 Å². The second-order valence-electron chi connectivity index (χ2n) is 6.50. The molecule has 0 fully saturated rings. The predicted molar refractivity (Wildman–Crippen MR) is 106 cm³/mol. The lowest BCUT2D eigenvalue weighted by atomic mass is 10.1. The molecule has 0 saturated carbocycles. The van der Waals surface area contributed by atoms with Gasteiger partial charge >= 0.3 is 5.91 Å². The van der Waals surface area contributed by atoms with Gasteiger partial charge in [0.05, 0.1) is 6.54 Å². The van der Waals surface area contributed by atoms with Crippen LogP contribution in [-0.4, -0.2) is 29.4 Å². The number of hydrogen-bond donors (Lipinski definition) is 3. The Labute approximate surface area is 175 Å². The average molecular weight is 428 g/mol. The molecule has 4 N–H and O–H groups in total. The van der Waals surface area contributed by atoms with Gasteiger partial charge < -0.3 is 10.2 Å². The Kier molecular flexibility index (Phi) is 6.41. The molecule has 0 unspecified atom stereocenters. The summed E-state index contributed by atoms with van der Waals surface area (Å²) >= 11 is 0. The smallest absolute Gasteiger partial charge is 0.307 e. The van der Waals surface area contributed by atoms with E-state index in [1.807, 2.05) is 6.92 Å². The van der Waals surface area contributed by atoms with Gasteiger partial charge in [0.2, 0.25) is 0 Å². The molecule has 0 saturated heterocycles. The Bertz CT molecular complexity index is 1110. The lowest BCUT2D eigenvalue weighted by molar-refractivity contribution is -0.134. The number of nitrogens with one attached hydrogen (secondary N) is 2. The van der Waals surface area contributed by atoms with Gasteiger partial charge in [-0.1, -0.05) is 17.7 Å². The van der Waals surface area contributed by atoms with E-state index < -0.39 is 35.9 Å². The molecule has 3 amide bonds. The number of carbonyl (C=O) groups excluding carboxylic acids is 3. The van der Waals surface area contributed by atoms with Crippen LogP contribution in [0.25, 0.3) is 11.3 Å². The maximum atomic E-state index is 13.4. The van der Waals surface area contributed by atoms with Gasteiger partial charge in [0.1, 0.15) is 17.4 Å². The van der Waals surface area contributed by atoms with E-state index >= 15 is 0 Å². The van der Waals surface area contributed by atoms with Crippen LogP contribution in [0.1, 0.15) is 26.5 Å². The maximum absolute atomic E-state index is 13.4. The van der Waals surface area contributed by atoms with Gasteiger partial charge in [-0.3, -0.25) is 14.4 Å². The van der Waals surface area contributed by atoms with E-state index in [1.165, 1.54) is 12.1 Å². The third-order valence-electron chi connectivity index (χ3n) is 4.14. The van der Waals surface area contributed by atoms with Gasteiger partial charge in [-0.25, -0.2) is 19.6 Å². The van der Waals surface area contributed by atoms with Crippen molar-refractivity contribution in [2.45, 2.75) is 6.92 Å². The van der Waals surface area contributed by atoms with Crippen molar-refractivity contribution in [2.24, 2.45) is 5.73 Å². The van der Waals surface area contributed by atoms with Crippen molar-refractivity contribution in [2.75, 3.05) is 6.54 Å². The summed E-state index contributed by atoms with van der Waals surface area (Å²) in [6.45, 7) is 1.35. The molecular formula is C21H18F2N4O4. The fraction of sp³-hybridized carbons (Fsp3) is 0.0952. The number of aryl methyl sites for hydroxylation is 1. The Morgan fingerprint density at radius 3 is 2.16 bits per heavy atom. The minimum Gasteiger partial charge on any atom is -0.451 e. The summed E-state index contributed by atoms with van der Waals surface area (Å²) in [5.74, 6) is -4.20. The summed E-state index contributed by atoms with van der Waals surface area (Å²) in [6.07, 6.45) is 0. The molecule has 3 rings (SSSR count). The molecule has 10 heteroatoms. The monoisotopic (exact) mass is 428 g/mol. The zero-order chi connectivity index (χ0) is 22.5. The molecule has 2 aromatic carbocycles. The summed E-state index contributed by atoms with van der Waals surface area (Å²) in [4.78, 5) is 36.9. The number of hydrogen-bond acceptors (Lipinski definition) is 5. The van der Waals surface area contributed by atoms with Gasteiger partial charge in [-0.15, -0.1) is 0 Å². The summed E-state index contributed by atoms with van der Waals surface area (Å²) in [5.41, 5.74) is 11.0. The molecule has 0 atom stereocenters. The maximum Gasteiger partial charge on any atom is 0.307 e. The molecule has 1 aromatic heterocycles. The number of halogens is 2. The first-order chi connectivity index (χ1) is 14.8. The highest BCUT2D eigenvalue weighted by Gasteiger charge is 2.21. The van der Waals surface area contributed by atoms with Crippen LogP contribution in [0.3, 0.4) is 0 Å². The molecule has 0 aliphatic rings. The Balaban J connectivity index is 1.75. The minimum atomic E-state index is -0.894. The summed E-state index contributed by atoms with van der Waals surface area (Å²) in [7, 11) is 0. The third-order valence-corrected chi connectivity index (χ3v) is 4.14. The van der Waals surface area contributed by atoms with Crippen LogP contribution in [0.4, 0.5) is 8.78 Å². The van der Waals surface area contributed by atoms with Crippen LogP contribution in [-0.2, 0) is 4.79 Å². The normalized spacial score (nSPS) is 10.5. The lowest BCUT2D eigenvalue weighted by Gasteiger charge is -2.22. The Morgan fingerprint density at radius 2 is 1.55 bits per heavy atom. The Morgan fingerprint density at radius 1 is 0.935 bits per heavy atom. The second kappa shape index (κ2) is 9.18. The van der Waals surface area contributed by atoms with E-state index in [0.29, 0.717) is 11.2 Å². The standard InChI is InChI=1S/C21H18F2N4O4/c1-12-2-4-13(5-3-12)20(29)25-27(19(28)11-24)26-21(30)18-7-6-17(31-18)14-8-15(22)10-16(23)9-14/h2-10H,11,24H2,1H3,(H,25,29)(H,26,30). The van der Waals surface area contributed by atoms with Crippen LogP contribution in [0.5, 0.6) is 0 Å². The molecule has 0 spiro atoms. The molecule has 0 aliphatic carbocycles. The number of furan rings is 1. The number of hydrazine groups is 2. The first-order valence-electron chi connectivity index (χ1n) is 9.05. The third kappa shape index (κ3) is 5.31. The van der Waals surface area contributed by atoms with Crippen molar-refractivity contribution in [1.29, 1.82) is 0 Å². The highest BCUT2D eigenvalue weighted by Crippen LogP contribution is 2.24. The highest BCUT2D eigenvalue weighted by molar-refractivity contribution is 5.97. The van der Waals surface area contributed by atoms with Gasteiger partial charge in [-0.2, -0.15) is 5.12 Å². The molecule has 0 bridgehead atoms. The number of carbonyl (C=O) groups is 3.